The zero-order valence-electron chi connectivity index (χ0n) is 20.3. The minimum absolute atomic E-state index is 0.174. The van der Waals surface area contributed by atoms with Crippen molar-refractivity contribution >= 4 is 14.0 Å². The molecule has 0 bridgehead atoms. The molecule has 3 heteroatoms. The maximum absolute atomic E-state index is 12.4. The van der Waals surface area contributed by atoms with Gasteiger partial charge in [0.15, 0.2) is 0 Å². The van der Waals surface area contributed by atoms with Crippen molar-refractivity contribution < 1.29 is 9.53 Å². The Labute approximate surface area is 180 Å². The van der Waals surface area contributed by atoms with E-state index in [-0.39, 0.29) is 11.9 Å². The summed E-state index contributed by atoms with van der Waals surface area (Å²) < 4.78 is 5.29. The number of carbonyl (C=O) groups excluding carboxylic acids is 1. The minimum atomic E-state index is -1.84. The maximum Gasteiger partial charge on any atom is 0.313 e. The van der Waals surface area contributed by atoms with Crippen LogP contribution in [0.5, 0.6) is 0 Å². The highest BCUT2D eigenvalue weighted by Gasteiger charge is 2.41. The first-order valence-corrected chi connectivity index (χ1v) is 13.5. The van der Waals surface area contributed by atoms with Crippen molar-refractivity contribution in [2.24, 2.45) is 5.92 Å². The Balaban J connectivity index is 3.58. The van der Waals surface area contributed by atoms with Crippen LogP contribution in [-0.4, -0.2) is 20.7 Å². The lowest BCUT2D eigenvalue weighted by Gasteiger charge is -2.38. The van der Waals surface area contributed by atoms with E-state index in [1.54, 1.807) is 0 Å². The first kappa shape index (κ1) is 25.5. The van der Waals surface area contributed by atoms with Gasteiger partial charge in [-0.1, -0.05) is 73.4 Å². The Morgan fingerprint density at radius 2 is 1.52 bits per heavy atom. The molecule has 0 N–H and O–H groups in total. The van der Waals surface area contributed by atoms with Gasteiger partial charge in [0.2, 0.25) is 0 Å². The van der Waals surface area contributed by atoms with E-state index in [1.165, 1.54) is 5.56 Å². The van der Waals surface area contributed by atoms with Gasteiger partial charge >= 0.3 is 5.97 Å². The van der Waals surface area contributed by atoms with Crippen LogP contribution in [0.15, 0.2) is 18.2 Å². The molecule has 0 aromatic heterocycles. The fourth-order valence-electron chi connectivity index (χ4n) is 4.69. The Bertz CT molecular complexity index is 713. The highest BCUT2D eigenvalue weighted by molar-refractivity contribution is 6.90. The summed E-state index contributed by atoms with van der Waals surface area (Å²) in [6, 6.07) is 6.44. The van der Waals surface area contributed by atoms with E-state index < -0.39 is 8.07 Å². The molecule has 2 nitrogen and oxygen atoms in total. The molecule has 0 spiro atoms. The van der Waals surface area contributed by atoms with E-state index in [0.717, 1.165) is 17.5 Å². The van der Waals surface area contributed by atoms with Gasteiger partial charge in [0.05, 0.1) is 12.5 Å². The van der Waals surface area contributed by atoms with Crippen LogP contribution in [0.3, 0.4) is 0 Å². The quantitative estimate of drug-likeness (QED) is 0.257. The number of benzene rings is 1. The van der Waals surface area contributed by atoms with Gasteiger partial charge in [0.1, 0.15) is 8.07 Å². The largest absolute Gasteiger partial charge is 0.466 e. The number of esters is 1. The number of hydrogen-bond donors (Lipinski definition) is 0. The van der Waals surface area contributed by atoms with Crippen LogP contribution >= 0.6 is 0 Å². The van der Waals surface area contributed by atoms with Gasteiger partial charge in [0.25, 0.3) is 0 Å². The molecule has 1 aromatic rings. The van der Waals surface area contributed by atoms with Crippen LogP contribution in [-0.2, 0) is 16.0 Å². The van der Waals surface area contributed by atoms with Crippen LogP contribution in [0, 0.1) is 17.4 Å². The molecule has 0 heterocycles. The highest BCUT2D eigenvalue weighted by Crippen LogP contribution is 2.41. The molecule has 1 aromatic carbocycles. The van der Waals surface area contributed by atoms with Gasteiger partial charge in [-0.15, -0.1) is 5.54 Å². The first-order chi connectivity index (χ1) is 13.5. The molecule has 29 heavy (non-hydrogen) atoms. The van der Waals surface area contributed by atoms with Gasteiger partial charge in [0, 0.05) is 5.56 Å². The molecule has 0 amide bonds. The normalized spacial score (nSPS) is 13.0. The number of ether oxygens (including phenoxy) is 1. The second-order valence-electron chi connectivity index (χ2n) is 9.64. The molecule has 0 aliphatic rings. The van der Waals surface area contributed by atoms with Crippen molar-refractivity contribution in [2.45, 2.75) is 98.2 Å². The van der Waals surface area contributed by atoms with Crippen LogP contribution < -0.4 is 0 Å². The SMILES string of the molecule is CCOC(=O)C(C)c1ccc(CC(C)C)cc1C#C[Si](C(C)C)(C(C)C)C(C)C. The van der Waals surface area contributed by atoms with E-state index in [1.807, 2.05) is 13.8 Å². The zero-order chi connectivity index (χ0) is 22.4. The number of hydrogen-bond acceptors (Lipinski definition) is 2. The summed E-state index contributed by atoms with van der Waals surface area (Å²) in [5, 5.41) is 0. The second-order valence-corrected chi connectivity index (χ2v) is 15.2. The van der Waals surface area contributed by atoms with E-state index >= 15 is 0 Å². The van der Waals surface area contributed by atoms with Crippen LogP contribution in [0.2, 0.25) is 16.6 Å². The lowest BCUT2D eigenvalue weighted by molar-refractivity contribution is -0.144. The third-order valence-corrected chi connectivity index (χ3v) is 12.4. The van der Waals surface area contributed by atoms with Crippen LogP contribution in [0.25, 0.3) is 0 Å². The fraction of sp³-hybridized carbons (Fsp3) is 0.654. The standard InChI is InChI=1S/C26H42O2Si/c1-11-28-26(27)22(10)25-13-12-23(16-18(2)3)17-24(25)14-15-29(19(4)5,20(6)7)21(8)9/h12-13,17-22H,11,16H2,1-10H3. The Morgan fingerprint density at radius 3 is 1.97 bits per heavy atom. The number of carbonyl (C=O) groups is 1. The van der Waals surface area contributed by atoms with Crippen LogP contribution in [0.1, 0.15) is 91.8 Å². The Morgan fingerprint density at radius 1 is 0.966 bits per heavy atom. The van der Waals surface area contributed by atoms with Crippen molar-refractivity contribution in [3.8, 4) is 11.5 Å². The summed E-state index contributed by atoms with van der Waals surface area (Å²) in [6.07, 6.45) is 1.02. The monoisotopic (exact) mass is 414 g/mol. The fourth-order valence-corrected chi connectivity index (χ4v) is 9.91. The summed E-state index contributed by atoms with van der Waals surface area (Å²) in [7, 11) is -1.84. The molecule has 162 valence electrons. The van der Waals surface area contributed by atoms with Gasteiger partial charge < -0.3 is 4.74 Å². The van der Waals surface area contributed by atoms with E-state index in [4.69, 9.17) is 4.74 Å². The van der Waals surface area contributed by atoms with E-state index in [2.05, 4.69) is 85.1 Å². The number of rotatable bonds is 8. The lowest BCUT2D eigenvalue weighted by Crippen LogP contribution is -2.43. The predicted molar refractivity (Wildman–Crippen MR) is 128 cm³/mol. The minimum Gasteiger partial charge on any atom is -0.466 e. The van der Waals surface area contributed by atoms with E-state index in [0.29, 0.717) is 29.1 Å². The molecule has 0 aliphatic carbocycles. The summed E-state index contributed by atoms with van der Waals surface area (Å²) in [5.74, 6) is 3.70. The summed E-state index contributed by atoms with van der Waals surface area (Å²) in [4.78, 5) is 12.4. The summed E-state index contributed by atoms with van der Waals surface area (Å²) in [5.41, 5.74) is 8.86. The van der Waals surface area contributed by atoms with Crippen molar-refractivity contribution in [2.75, 3.05) is 6.61 Å². The van der Waals surface area contributed by atoms with E-state index in [9.17, 15) is 4.79 Å². The van der Waals surface area contributed by atoms with Crippen molar-refractivity contribution in [3.05, 3.63) is 34.9 Å². The molecule has 1 atom stereocenters. The molecule has 1 rings (SSSR count). The first-order valence-electron chi connectivity index (χ1n) is 11.3. The molecule has 0 fully saturated rings. The van der Waals surface area contributed by atoms with Gasteiger partial charge in [-0.3, -0.25) is 4.79 Å². The molecular weight excluding hydrogens is 372 g/mol. The van der Waals surface area contributed by atoms with Crippen molar-refractivity contribution in [3.63, 3.8) is 0 Å². The van der Waals surface area contributed by atoms with Crippen molar-refractivity contribution in [1.29, 1.82) is 0 Å². The molecule has 1 unspecified atom stereocenters. The topological polar surface area (TPSA) is 26.3 Å². The second kappa shape index (κ2) is 11.0. The summed E-state index contributed by atoms with van der Waals surface area (Å²) in [6.45, 7) is 22.6. The highest BCUT2D eigenvalue weighted by atomic mass is 28.3. The summed E-state index contributed by atoms with van der Waals surface area (Å²) >= 11 is 0. The van der Waals surface area contributed by atoms with Gasteiger partial charge in [-0.25, -0.2) is 0 Å². The molecular formula is C26H42O2Si. The third kappa shape index (κ3) is 6.22. The average molecular weight is 415 g/mol. The maximum atomic E-state index is 12.4. The van der Waals surface area contributed by atoms with Gasteiger partial charge in [-0.2, -0.15) is 0 Å². The smallest absolute Gasteiger partial charge is 0.313 e. The molecule has 0 saturated heterocycles. The average Bonchev–Trinajstić information content (AvgIpc) is 2.60. The Hall–Kier alpha value is -1.53. The Kier molecular flexibility index (Phi) is 9.69. The predicted octanol–water partition coefficient (Wildman–Crippen LogP) is 7.12. The lowest BCUT2D eigenvalue weighted by atomic mass is 9.92. The van der Waals surface area contributed by atoms with Crippen LogP contribution in [0.4, 0.5) is 0 Å². The van der Waals surface area contributed by atoms with Crippen molar-refractivity contribution in [1.82, 2.24) is 0 Å². The zero-order valence-corrected chi connectivity index (χ0v) is 21.3. The molecule has 0 aliphatic heterocycles. The third-order valence-electron chi connectivity index (χ3n) is 6.15. The van der Waals surface area contributed by atoms with Gasteiger partial charge in [-0.05, 0) is 60.0 Å². The molecule has 0 radical (unpaired) electrons. The molecule has 0 saturated carbocycles.